The number of aromatic hydroxyl groups is 1. The molecule has 1 amide bonds. The summed E-state index contributed by atoms with van der Waals surface area (Å²) in [7, 11) is 1.41. The number of benzene rings is 1. The van der Waals surface area contributed by atoms with Gasteiger partial charge < -0.3 is 15.2 Å². The van der Waals surface area contributed by atoms with E-state index in [9.17, 15) is 20.4 Å². The summed E-state index contributed by atoms with van der Waals surface area (Å²) in [5.74, 6) is -0.428. The second-order valence-corrected chi connectivity index (χ2v) is 8.16. The zero-order chi connectivity index (χ0) is 20.3. The van der Waals surface area contributed by atoms with Crippen LogP contribution in [0.4, 0.5) is 5.00 Å². The van der Waals surface area contributed by atoms with Gasteiger partial charge in [0.15, 0.2) is 11.5 Å². The third kappa shape index (κ3) is 3.89. The lowest BCUT2D eigenvalue weighted by atomic mass is 9.96. The lowest BCUT2D eigenvalue weighted by molar-refractivity contribution is -0.112. The standard InChI is InChI=1S/C20H16BrN3O3S/c1-27-16-8-11(7-15(21)18(16)25)6-12(9-22)19(26)24-20-14(10-23)13-4-2-3-5-17(13)28-20/h6-8,25H,2-5H2,1H3,(H,24,26)/b12-6+. The van der Waals surface area contributed by atoms with Crippen LogP contribution >= 0.6 is 27.3 Å². The van der Waals surface area contributed by atoms with Gasteiger partial charge >= 0.3 is 0 Å². The maximum atomic E-state index is 12.6. The van der Waals surface area contributed by atoms with Gasteiger partial charge in [0.2, 0.25) is 0 Å². The van der Waals surface area contributed by atoms with E-state index in [0.717, 1.165) is 36.1 Å². The zero-order valence-corrected chi connectivity index (χ0v) is 17.4. The first-order valence-corrected chi connectivity index (χ1v) is 10.1. The highest BCUT2D eigenvalue weighted by molar-refractivity contribution is 9.10. The number of thiophene rings is 1. The van der Waals surface area contributed by atoms with Gasteiger partial charge in [-0.1, -0.05) is 0 Å². The predicted octanol–water partition coefficient (Wildman–Crippen LogP) is 4.52. The number of nitriles is 2. The number of halogens is 1. The van der Waals surface area contributed by atoms with E-state index in [4.69, 9.17) is 4.74 Å². The molecular weight excluding hydrogens is 442 g/mol. The first kappa shape index (κ1) is 19.9. The normalized spacial score (nSPS) is 13.2. The van der Waals surface area contributed by atoms with Gasteiger partial charge in [-0.05, 0) is 70.9 Å². The summed E-state index contributed by atoms with van der Waals surface area (Å²) in [5, 5.41) is 32.0. The molecule has 142 valence electrons. The fourth-order valence-corrected chi connectivity index (χ4v) is 4.79. The second-order valence-electron chi connectivity index (χ2n) is 6.20. The first-order chi connectivity index (χ1) is 13.5. The molecule has 1 aromatic heterocycles. The van der Waals surface area contributed by atoms with Gasteiger partial charge in [-0.25, -0.2) is 0 Å². The van der Waals surface area contributed by atoms with Crippen LogP contribution in [-0.4, -0.2) is 18.1 Å². The Morgan fingerprint density at radius 1 is 1.36 bits per heavy atom. The summed E-state index contributed by atoms with van der Waals surface area (Å²) in [6.45, 7) is 0. The lowest BCUT2D eigenvalue weighted by Crippen LogP contribution is -2.13. The molecule has 3 rings (SSSR count). The number of phenolic OH excluding ortho intramolecular Hbond substituents is 1. The quantitative estimate of drug-likeness (QED) is 0.518. The van der Waals surface area contributed by atoms with Crippen molar-refractivity contribution < 1.29 is 14.6 Å². The van der Waals surface area contributed by atoms with Gasteiger partial charge in [0, 0.05) is 4.88 Å². The Balaban J connectivity index is 1.91. The van der Waals surface area contributed by atoms with E-state index in [1.807, 2.05) is 6.07 Å². The van der Waals surface area contributed by atoms with Gasteiger partial charge in [0.25, 0.3) is 5.91 Å². The topological polar surface area (TPSA) is 106 Å². The van der Waals surface area contributed by atoms with Crippen LogP contribution in [0.5, 0.6) is 11.5 Å². The summed E-state index contributed by atoms with van der Waals surface area (Å²) >= 11 is 4.62. The number of carbonyl (C=O) groups is 1. The Labute approximate surface area is 174 Å². The number of hydrogen-bond donors (Lipinski definition) is 2. The fraction of sp³-hybridized carbons (Fsp3) is 0.250. The molecule has 2 N–H and O–H groups in total. The maximum absolute atomic E-state index is 12.6. The van der Waals surface area contributed by atoms with Crippen LogP contribution in [0.1, 0.15) is 34.4 Å². The molecule has 2 aromatic rings. The second kappa shape index (κ2) is 8.47. The Hall–Kier alpha value is -2.81. The molecule has 0 fully saturated rings. The number of anilines is 1. The molecule has 0 bridgehead atoms. The Bertz CT molecular complexity index is 1060. The summed E-state index contributed by atoms with van der Waals surface area (Å²) in [6.07, 6.45) is 5.26. The SMILES string of the molecule is COc1cc(/C=C(\C#N)C(=O)Nc2sc3c(c2C#N)CCCC3)cc(Br)c1O. The highest BCUT2D eigenvalue weighted by Crippen LogP contribution is 2.38. The molecule has 0 atom stereocenters. The van der Waals surface area contributed by atoms with Crippen LogP contribution in [0.2, 0.25) is 0 Å². The van der Waals surface area contributed by atoms with Crippen LogP contribution in [0, 0.1) is 22.7 Å². The lowest BCUT2D eigenvalue weighted by Gasteiger charge is -2.09. The Morgan fingerprint density at radius 2 is 2.11 bits per heavy atom. The van der Waals surface area contributed by atoms with Crippen molar-refractivity contribution in [2.45, 2.75) is 25.7 Å². The van der Waals surface area contributed by atoms with Gasteiger partial charge in [-0.2, -0.15) is 10.5 Å². The largest absolute Gasteiger partial charge is 0.503 e. The van der Waals surface area contributed by atoms with Gasteiger partial charge in [-0.3, -0.25) is 4.79 Å². The van der Waals surface area contributed by atoms with E-state index < -0.39 is 5.91 Å². The molecule has 0 saturated heterocycles. The van der Waals surface area contributed by atoms with Crippen molar-refractivity contribution in [2.75, 3.05) is 12.4 Å². The van der Waals surface area contributed by atoms with E-state index >= 15 is 0 Å². The maximum Gasteiger partial charge on any atom is 0.266 e. The molecule has 0 saturated carbocycles. The van der Waals surface area contributed by atoms with Gasteiger partial charge in [0.05, 0.1) is 17.1 Å². The summed E-state index contributed by atoms with van der Waals surface area (Å²) in [5.41, 5.74) is 1.91. The average Bonchev–Trinajstić information content (AvgIpc) is 3.05. The number of amides is 1. The highest BCUT2D eigenvalue weighted by Gasteiger charge is 2.22. The minimum Gasteiger partial charge on any atom is -0.503 e. The number of aryl methyl sites for hydroxylation is 1. The van der Waals surface area contributed by atoms with Crippen molar-refractivity contribution in [3.8, 4) is 23.6 Å². The molecule has 0 radical (unpaired) electrons. The van der Waals surface area contributed by atoms with Gasteiger partial charge in [-0.15, -0.1) is 11.3 Å². The summed E-state index contributed by atoms with van der Waals surface area (Å²) in [4.78, 5) is 13.8. The zero-order valence-electron chi connectivity index (χ0n) is 15.0. The predicted molar refractivity (Wildman–Crippen MR) is 110 cm³/mol. The van der Waals surface area contributed by atoms with Crippen molar-refractivity contribution >= 4 is 44.3 Å². The molecule has 1 aliphatic rings. The number of fused-ring (bicyclic) bond motifs is 1. The van der Waals surface area contributed by atoms with Crippen LogP contribution in [0.15, 0.2) is 22.2 Å². The van der Waals surface area contributed by atoms with Crippen molar-refractivity contribution in [3.63, 3.8) is 0 Å². The smallest absolute Gasteiger partial charge is 0.266 e. The fourth-order valence-electron chi connectivity index (χ4n) is 3.09. The number of carbonyl (C=O) groups excluding carboxylic acids is 1. The molecule has 1 aromatic carbocycles. The number of ether oxygens (including phenoxy) is 1. The molecule has 1 heterocycles. The van der Waals surface area contributed by atoms with E-state index in [-0.39, 0.29) is 17.1 Å². The van der Waals surface area contributed by atoms with E-state index in [1.165, 1.54) is 30.6 Å². The monoisotopic (exact) mass is 457 g/mol. The number of phenols is 1. The number of nitrogens with zero attached hydrogens (tertiary/aromatic N) is 2. The number of nitrogens with one attached hydrogen (secondary N) is 1. The van der Waals surface area contributed by atoms with E-state index in [2.05, 4.69) is 27.3 Å². The van der Waals surface area contributed by atoms with Crippen LogP contribution in [0.25, 0.3) is 6.08 Å². The van der Waals surface area contributed by atoms with Crippen molar-refractivity contribution in [3.05, 3.63) is 43.7 Å². The first-order valence-electron chi connectivity index (χ1n) is 8.52. The average molecular weight is 458 g/mol. The van der Waals surface area contributed by atoms with E-state index in [0.29, 0.717) is 20.6 Å². The van der Waals surface area contributed by atoms with Crippen molar-refractivity contribution in [2.24, 2.45) is 0 Å². The molecule has 8 heteroatoms. The van der Waals surface area contributed by atoms with Crippen LogP contribution in [0.3, 0.4) is 0 Å². The minimum absolute atomic E-state index is 0.0644. The highest BCUT2D eigenvalue weighted by atomic mass is 79.9. The molecule has 28 heavy (non-hydrogen) atoms. The Kier molecular flexibility index (Phi) is 6.03. The van der Waals surface area contributed by atoms with Crippen LogP contribution < -0.4 is 10.1 Å². The van der Waals surface area contributed by atoms with E-state index in [1.54, 1.807) is 6.07 Å². The number of methoxy groups -OCH3 is 1. The van der Waals surface area contributed by atoms with Gasteiger partial charge in [0.1, 0.15) is 22.7 Å². The van der Waals surface area contributed by atoms with Crippen molar-refractivity contribution in [1.29, 1.82) is 10.5 Å². The summed E-state index contributed by atoms with van der Waals surface area (Å²) < 4.78 is 5.47. The van der Waals surface area contributed by atoms with Crippen molar-refractivity contribution in [1.82, 2.24) is 0 Å². The number of rotatable bonds is 4. The summed E-state index contributed by atoms with van der Waals surface area (Å²) in [6, 6.07) is 7.18. The Morgan fingerprint density at radius 3 is 2.79 bits per heavy atom. The minimum atomic E-state index is -0.583. The third-order valence-electron chi connectivity index (χ3n) is 4.46. The molecule has 6 nitrogen and oxygen atoms in total. The molecular formula is C20H16BrN3O3S. The molecule has 0 unspecified atom stereocenters. The molecule has 0 aliphatic heterocycles. The number of hydrogen-bond acceptors (Lipinski definition) is 6. The third-order valence-corrected chi connectivity index (χ3v) is 6.27. The van der Waals surface area contributed by atoms with Crippen LogP contribution in [-0.2, 0) is 17.6 Å². The molecule has 0 spiro atoms. The molecule has 1 aliphatic carbocycles.